The predicted octanol–water partition coefficient (Wildman–Crippen LogP) is 1.96. The van der Waals surface area contributed by atoms with E-state index in [1.165, 1.54) is 5.56 Å². The van der Waals surface area contributed by atoms with Crippen LogP contribution in [0.5, 0.6) is 0 Å². The van der Waals surface area contributed by atoms with Gasteiger partial charge in [-0.1, -0.05) is 30.3 Å². The van der Waals surface area contributed by atoms with Gasteiger partial charge in [-0.05, 0) is 12.5 Å². The Labute approximate surface area is 60.6 Å². The Morgan fingerprint density at radius 1 is 1.20 bits per heavy atom. The van der Waals surface area contributed by atoms with Crippen LogP contribution in [-0.4, -0.2) is 6.10 Å². The fraction of sp³-hybridized carbons (Fsp3) is 0.222. The Morgan fingerprint density at radius 2 is 1.80 bits per heavy atom. The summed E-state index contributed by atoms with van der Waals surface area (Å²) >= 11 is 0. The highest BCUT2D eigenvalue weighted by Gasteiger charge is 2.35. The van der Waals surface area contributed by atoms with Crippen molar-refractivity contribution in [1.82, 2.24) is 0 Å². The van der Waals surface area contributed by atoms with Crippen LogP contribution < -0.4 is 0 Å². The van der Waals surface area contributed by atoms with Crippen LogP contribution in [0.2, 0.25) is 0 Å². The molecule has 1 aliphatic rings. The average Bonchev–Trinajstić information content (AvgIpc) is 2.69. The SMILES string of the molecule is [CH2][C@@H]1O[C@H]1c1ccccc1. The topological polar surface area (TPSA) is 12.5 Å². The van der Waals surface area contributed by atoms with Crippen LogP contribution >= 0.6 is 0 Å². The Bertz CT molecular complexity index is 217. The molecule has 1 fully saturated rings. The maximum Gasteiger partial charge on any atom is 0.109 e. The highest BCUT2D eigenvalue weighted by atomic mass is 16.6. The summed E-state index contributed by atoms with van der Waals surface area (Å²) in [6.07, 6.45) is 0.448. The molecule has 0 spiro atoms. The zero-order valence-corrected chi connectivity index (χ0v) is 5.66. The summed E-state index contributed by atoms with van der Waals surface area (Å²) in [5.74, 6) is 0. The molecule has 1 aliphatic heterocycles. The molecule has 51 valence electrons. The first-order valence-corrected chi connectivity index (χ1v) is 3.41. The fourth-order valence-electron chi connectivity index (χ4n) is 1.08. The van der Waals surface area contributed by atoms with Gasteiger partial charge < -0.3 is 4.74 Å². The van der Waals surface area contributed by atoms with E-state index >= 15 is 0 Å². The first kappa shape index (κ1) is 5.93. The Balaban J connectivity index is 2.20. The fourth-order valence-corrected chi connectivity index (χ4v) is 1.08. The molecule has 2 rings (SSSR count). The van der Waals surface area contributed by atoms with Crippen molar-refractivity contribution in [3.05, 3.63) is 42.8 Å². The minimum atomic E-state index is 0.183. The summed E-state index contributed by atoms with van der Waals surface area (Å²) in [4.78, 5) is 0. The molecular weight excluding hydrogens is 124 g/mol. The molecule has 1 heterocycles. The summed E-state index contributed by atoms with van der Waals surface area (Å²) < 4.78 is 5.19. The van der Waals surface area contributed by atoms with E-state index in [1.807, 2.05) is 18.2 Å². The van der Waals surface area contributed by atoms with Crippen LogP contribution in [0.25, 0.3) is 0 Å². The van der Waals surface area contributed by atoms with Gasteiger partial charge >= 0.3 is 0 Å². The van der Waals surface area contributed by atoms with Crippen LogP contribution in [0.1, 0.15) is 11.7 Å². The second-order valence-corrected chi connectivity index (χ2v) is 2.51. The van der Waals surface area contributed by atoms with E-state index in [9.17, 15) is 0 Å². The smallest absolute Gasteiger partial charge is 0.109 e. The molecule has 0 aliphatic carbocycles. The zero-order valence-electron chi connectivity index (χ0n) is 5.66. The Morgan fingerprint density at radius 3 is 2.30 bits per heavy atom. The number of hydrogen-bond donors (Lipinski definition) is 0. The van der Waals surface area contributed by atoms with Crippen molar-refractivity contribution in [2.45, 2.75) is 12.2 Å². The molecule has 0 bridgehead atoms. The highest BCUT2D eigenvalue weighted by molar-refractivity contribution is 5.22. The third-order valence-corrected chi connectivity index (χ3v) is 1.71. The quantitative estimate of drug-likeness (QED) is 0.533. The van der Waals surface area contributed by atoms with Crippen LogP contribution in [0.4, 0.5) is 0 Å². The first-order valence-electron chi connectivity index (χ1n) is 3.41. The van der Waals surface area contributed by atoms with Gasteiger partial charge in [0.15, 0.2) is 0 Å². The largest absolute Gasteiger partial charge is 0.365 e. The van der Waals surface area contributed by atoms with E-state index in [0.29, 0.717) is 0 Å². The van der Waals surface area contributed by atoms with Gasteiger partial charge in [0.1, 0.15) is 6.10 Å². The molecule has 0 unspecified atom stereocenters. The van der Waals surface area contributed by atoms with Gasteiger partial charge in [-0.25, -0.2) is 0 Å². The third-order valence-electron chi connectivity index (χ3n) is 1.71. The van der Waals surface area contributed by atoms with E-state index in [4.69, 9.17) is 4.74 Å². The minimum Gasteiger partial charge on any atom is -0.365 e. The maximum absolute atomic E-state index is 5.19. The zero-order chi connectivity index (χ0) is 6.97. The molecular formula is C9H9O. The van der Waals surface area contributed by atoms with Crippen molar-refractivity contribution in [3.63, 3.8) is 0 Å². The Kier molecular flexibility index (Phi) is 1.24. The number of ether oxygens (including phenoxy) is 1. The summed E-state index contributed by atoms with van der Waals surface area (Å²) in [6, 6.07) is 10.2. The van der Waals surface area contributed by atoms with Crippen LogP contribution in [0.15, 0.2) is 30.3 Å². The second kappa shape index (κ2) is 2.10. The van der Waals surface area contributed by atoms with E-state index in [0.717, 1.165) is 0 Å². The minimum absolute atomic E-state index is 0.183. The van der Waals surface area contributed by atoms with Gasteiger partial charge in [0, 0.05) is 0 Å². The molecule has 1 saturated heterocycles. The molecule has 1 heteroatoms. The van der Waals surface area contributed by atoms with E-state index in [-0.39, 0.29) is 12.2 Å². The highest BCUT2D eigenvalue weighted by Crippen LogP contribution is 2.37. The van der Waals surface area contributed by atoms with Gasteiger partial charge in [-0.15, -0.1) is 0 Å². The van der Waals surface area contributed by atoms with E-state index < -0.39 is 0 Å². The van der Waals surface area contributed by atoms with Crippen molar-refractivity contribution in [1.29, 1.82) is 0 Å². The monoisotopic (exact) mass is 133 g/mol. The molecule has 1 radical (unpaired) electrons. The molecule has 0 aromatic heterocycles. The van der Waals surface area contributed by atoms with Crippen LogP contribution in [-0.2, 0) is 4.74 Å². The van der Waals surface area contributed by atoms with Crippen molar-refractivity contribution in [3.8, 4) is 0 Å². The molecule has 10 heavy (non-hydrogen) atoms. The third kappa shape index (κ3) is 0.929. The second-order valence-electron chi connectivity index (χ2n) is 2.51. The standard InChI is InChI=1S/C9H9O/c1-7-9(10-7)8-5-3-2-4-6-8/h2-7,9H,1H2/t7-,9+/m0/s1. The van der Waals surface area contributed by atoms with Crippen molar-refractivity contribution in [2.75, 3.05) is 0 Å². The van der Waals surface area contributed by atoms with Gasteiger partial charge in [0.25, 0.3) is 0 Å². The van der Waals surface area contributed by atoms with Crippen molar-refractivity contribution >= 4 is 0 Å². The van der Waals surface area contributed by atoms with E-state index in [1.54, 1.807) is 0 Å². The molecule has 1 nitrogen and oxygen atoms in total. The summed E-state index contributed by atoms with van der Waals surface area (Å²) in [7, 11) is 0. The number of benzene rings is 1. The predicted molar refractivity (Wildman–Crippen MR) is 39.4 cm³/mol. The number of epoxide rings is 1. The average molecular weight is 133 g/mol. The lowest BCUT2D eigenvalue weighted by atomic mass is 10.1. The lowest BCUT2D eigenvalue weighted by Gasteiger charge is -1.90. The normalized spacial score (nSPS) is 30.1. The summed E-state index contributed by atoms with van der Waals surface area (Å²) in [5, 5.41) is 0. The number of hydrogen-bond acceptors (Lipinski definition) is 1. The van der Waals surface area contributed by atoms with Gasteiger partial charge in [-0.2, -0.15) is 0 Å². The van der Waals surface area contributed by atoms with Crippen LogP contribution in [0.3, 0.4) is 0 Å². The molecule has 1 aromatic rings. The number of rotatable bonds is 1. The molecule has 2 atom stereocenters. The summed E-state index contributed by atoms with van der Waals surface area (Å²) in [6.45, 7) is 3.79. The van der Waals surface area contributed by atoms with E-state index in [2.05, 4.69) is 19.1 Å². The van der Waals surface area contributed by atoms with Crippen molar-refractivity contribution in [2.24, 2.45) is 0 Å². The molecule has 0 N–H and O–H groups in total. The van der Waals surface area contributed by atoms with Crippen LogP contribution in [0, 0.1) is 6.92 Å². The molecule has 0 saturated carbocycles. The lowest BCUT2D eigenvalue weighted by Crippen LogP contribution is -1.80. The van der Waals surface area contributed by atoms with Gasteiger partial charge in [0.2, 0.25) is 0 Å². The lowest BCUT2D eigenvalue weighted by molar-refractivity contribution is 0.393. The van der Waals surface area contributed by atoms with Gasteiger partial charge in [0.05, 0.1) is 6.10 Å². The maximum atomic E-state index is 5.19. The van der Waals surface area contributed by atoms with Crippen molar-refractivity contribution < 1.29 is 4.74 Å². The Hall–Kier alpha value is -0.820. The molecule has 1 aromatic carbocycles. The first-order chi connectivity index (χ1) is 4.88. The molecule has 0 amide bonds. The summed E-state index contributed by atoms with van der Waals surface area (Å²) in [5.41, 5.74) is 1.24. The van der Waals surface area contributed by atoms with Gasteiger partial charge in [-0.3, -0.25) is 0 Å².